The average Bonchev–Trinajstić information content (AvgIpc) is 3.01. The summed E-state index contributed by atoms with van der Waals surface area (Å²) in [4.78, 5) is 8.89. The van der Waals surface area contributed by atoms with Crippen LogP contribution >= 0.6 is 22.9 Å². The predicted molar refractivity (Wildman–Crippen MR) is 99.4 cm³/mol. The zero-order valence-corrected chi connectivity index (χ0v) is 15.5. The number of thiazole rings is 1. The first-order chi connectivity index (χ1) is 11.0. The standard InChI is InChI=1S/C17H23ClN4S/c1-11(2)16-22-15(10-23-16)9-20-17(19-4)21-12(3)13-5-7-14(18)8-6-13/h5-8,10-12H,9H2,1-4H3,(H2,19,20,21). The summed E-state index contributed by atoms with van der Waals surface area (Å²) in [6.45, 7) is 7.07. The molecule has 0 fully saturated rings. The van der Waals surface area contributed by atoms with Gasteiger partial charge < -0.3 is 10.6 Å². The Morgan fingerprint density at radius 2 is 1.96 bits per heavy atom. The number of nitrogens with zero attached hydrogens (tertiary/aromatic N) is 2. The van der Waals surface area contributed by atoms with Gasteiger partial charge in [-0.1, -0.05) is 37.6 Å². The zero-order chi connectivity index (χ0) is 16.8. The molecule has 2 N–H and O–H groups in total. The number of aromatic nitrogens is 1. The third kappa shape index (κ3) is 5.22. The van der Waals surface area contributed by atoms with Gasteiger partial charge in [0.05, 0.1) is 23.3 Å². The van der Waals surface area contributed by atoms with Crippen LogP contribution < -0.4 is 10.6 Å². The van der Waals surface area contributed by atoms with Crippen LogP contribution in [0, 0.1) is 0 Å². The van der Waals surface area contributed by atoms with E-state index in [1.54, 1.807) is 18.4 Å². The van der Waals surface area contributed by atoms with Crippen molar-refractivity contribution in [1.29, 1.82) is 0 Å². The predicted octanol–water partition coefficient (Wildman–Crippen LogP) is 4.35. The lowest BCUT2D eigenvalue weighted by molar-refractivity contribution is 0.682. The molecule has 1 aromatic carbocycles. The molecule has 0 aliphatic carbocycles. The van der Waals surface area contributed by atoms with Crippen molar-refractivity contribution in [2.75, 3.05) is 7.05 Å². The minimum Gasteiger partial charge on any atom is -0.351 e. The van der Waals surface area contributed by atoms with Gasteiger partial charge in [-0.2, -0.15) is 0 Å². The van der Waals surface area contributed by atoms with Crippen LogP contribution in [0.1, 0.15) is 49.0 Å². The van der Waals surface area contributed by atoms with E-state index in [9.17, 15) is 0 Å². The van der Waals surface area contributed by atoms with E-state index in [-0.39, 0.29) is 6.04 Å². The molecule has 0 radical (unpaired) electrons. The van der Waals surface area contributed by atoms with E-state index in [4.69, 9.17) is 11.6 Å². The lowest BCUT2D eigenvalue weighted by Gasteiger charge is -2.18. The topological polar surface area (TPSA) is 49.3 Å². The molecule has 0 aliphatic heterocycles. The molecule has 0 saturated carbocycles. The Morgan fingerprint density at radius 1 is 1.26 bits per heavy atom. The van der Waals surface area contributed by atoms with Crippen molar-refractivity contribution >= 4 is 28.9 Å². The number of benzene rings is 1. The molecule has 1 aromatic heterocycles. The molecule has 1 atom stereocenters. The van der Waals surface area contributed by atoms with Crippen molar-refractivity contribution in [2.45, 2.75) is 39.3 Å². The van der Waals surface area contributed by atoms with Crippen LogP contribution in [0.4, 0.5) is 0 Å². The lowest BCUT2D eigenvalue weighted by Crippen LogP contribution is -2.38. The van der Waals surface area contributed by atoms with Gasteiger partial charge >= 0.3 is 0 Å². The van der Waals surface area contributed by atoms with Crippen molar-refractivity contribution in [3.63, 3.8) is 0 Å². The normalized spacial score (nSPS) is 13.2. The average molecular weight is 351 g/mol. The second-order valence-electron chi connectivity index (χ2n) is 5.68. The van der Waals surface area contributed by atoms with Crippen LogP contribution in [0.25, 0.3) is 0 Å². The van der Waals surface area contributed by atoms with Gasteiger partial charge in [0.15, 0.2) is 5.96 Å². The second kappa shape index (κ2) is 8.31. The number of hydrogen-bond donors (Lipinski definition) is 2. The van der Waals surface area contributed by atoms with Crippen LogP contribution in [0.5, 0.6) is 0 Å². The van der Waals surface area contributed by atoms with E-state index in [0.29, 0.717) is 12.5 Å². The van der Waals surface area contributed by atoms with Gasteiger partial charge in [-0.3, -0.25) is 4.99 Å². The number of hydrogen-bond acceptors (Lipinski definition) is 3. The smallest absolute Gasteiger partial charge is 0.191 e. The van der Waals surface area contributed by atoms with Gasteiger partial charge in [-0.05, 0) is 24.6 Å². The molecule has 0 amide bonds. The number of aliphatic imine (C=N–C) groups is 1. The van der Waals surface area contributed by atoms with E-state index < -0.39 is 0 Å². The molecule has 23 heavy (non-hydrogen) atoms. The van der Waals surface area contributed by atoms with Crippen molar-refractivity contribution < 1.29 is 0 Å². The molecular weight excluding hydrogens is 328 g/mol. The van der Waals surface area contributed by atoms with Gasteiger partial charge in [-0.15, -0.1) is 11.3 Å². The fourth-order valence-corrected chi connectivity index (χ4v) is 3.04. The van der Waals surface area contributed by atoms with Gasteiger partial charge in [0.1, 0.15) is 0 Å². The first-order valence-corrected chi connectivity index (χ1v) is 8.92. The SMILES string of the molecule is CN=C(NCc1csc(C(C)C)n1)NC(C)c1ccc(Cl)cc1. The number of rotatable bonds is 5. The summed E-state index contributed by atoms with van der Waals surface area (Å²) < 4.78 is 0. The van der Waals surface area contributed by atoms with E-state index in [0.717, 1.165) is 22.2 Å². The lowest BCUT2D eigenvalue weighted by atomic mass is 10.1. The van der Waals surface area contributed by atoms with Crippen molar-refractivity contribution in [1.82, 2.24) is 15.6 Å². The number of guanidine groups is 1. The third-order valence-corrected chi connectivity index (χ3v) is 4.89. The molecular formula is C17H23ClN4S. The molecule has 0 bridgehead atoms. The van der Waals surface area contributed by atoms with Crippen LogP contribution in [-0.4, -0.2) is 18.0 Å². The van der Waals surface area contributed by atoms with E-state index in [1.807, 2.05) is 24.3 Å². The van der Waals surface area contributed by atoms with E-state index in [1.165, 1.54) is 5.01 Å². The minimum absolute atomic E-state index is 0.139. The molecule has 1 unspecified atom stereocenters. The van der Waals surface area contributed by atoms with Gasteiger partial charge in [0, 0.05) is 23.4 Å². The van der Waals surface area contributed by atoms with Crippen LogP contribution in [0.15, 0.2) is 34.6 Å². The Hall–Kier alpha value is -1.59. The van der Waals surface area contributed by atoms with Crippen molar-refractivity contribution in [3.8, 4) is 0 Å². The monoisotopic (exact) mass is 350 g/mol. The Kier molecular flexibility index (Phi) is 6.42. The van der Waals surface area contributed by atoms with Gasteiger partial charge in [0.2, 0.25) is 0 Å². The fourth-order valence-electron chi connectivity index (χ4n) is 2.08. The Balaban J connectivity index is 1.91. The van der Waals surface area contributed by atoms with Crippen LogP contribution in [0.3, 0.4) is 0 Å². The summed E-state index contributed by atoms with van der Waals surface area (Å²) in [5.41, 5.74) is 2.20. The fraction of sp³-hybridized carbons (Fsp3) is 0.412. The molecule has 6 heteroatoms. The quantitative estimate of drug-likeness (QED) is 0.622. The van der Waals surface area contributed by atoms with Crippen LogP contribution in [-0.2, 0) is 6.54 Å². The maximum atomic E-state index is 5.93. The highest BCUT2D eigenvalue weighted by molar-refractivity contribution is 7.09. The number of nitrogens with one attached hydrogen (secondary N) is 2. The summed E-state index contributed by atoms with van der Waals surface area (Å²) in [6.07, 6.45) is 0. The third-order valence-electron chi connectivity index (χ3n) is 3.45. The first kappa shape index (κ1) is 17.8. The molecule has 0 spiro atoms. The zero-order valence-electron chi connectivity index (χ0n) is 13.9. The van der Waals surface area contributed by atoms with Gasteiger partial charge in [0.25, 0.3) is 0 Å². The highest BCUT2D eigenvalue weighted by atomic mass is 35.5. The maximum absolute atomic E-state index is 5.93. The summed E-state index contributed by atoms with van der Waals surface area (Å²) in [5.74, 6) is 1.22. The van der Waals surface area contributed by atoms with Crippen molar-refractivity contribution in [2.24, 2.45) is 4.99 Å². The molecule has 4 nitrogen and oxygen atoms in total. The molecule has 2 aromatic rings. The molecule has 124 valence electrons. The largest absolute Gasteiger partial charge is 0.351 e. The molecule has 0 saturated heterocycles. The van der Waals surface area contributed by atoms with E-state index >= 15 is 0 Å². The van der Waals surface area contributed by atoms with Crippen LogP contribution in [0.2, 0.25) is 5.02 Å². The summed E-state index contributed by atoms with van der Waals surface area (Å²) in [7, 11) is 1.77. The second-order valence-corrected chi connectivity index (χ2v) is 7.00. The molecule has 0 aliphatic rings. The summed E-state index contributed by atoms with van der Waals surface area (Å²) in [6, 6.07) is 7.97. The Bertz CT molecular complexity index is 649. The van der Waals surface area contributed by atoms with Crippen molar-refractivity contribution in [3.05, 3.63) is 50.9 Å². The summed E-state index contributed by atoms with van der Waals surface area (Å²) >= 11 is 7.63. The molecule has 2 rings (SSSR count). The summed E-state index contributed by atoms with van der Waals surface area (Å²) in [5, 5.41) is 10.7. The maximum Gasteiger partial charge on any atom is 0.191 e. The Morgan fingerprint density at radius 3 is 2.52 bits per heavy atom. The number of halogens is 1. The molecule has 1 heterocycles. The highest BCUT2D eigenvalue weighted by Gasteiger charge is 2.09. The first-order valence-electron chi connectivity index (χ1n) is 7.66. The van der Waals surface area contributed by atoms with E-state index in [2.05, 4.69) is 46.8 Å². The Labute approximate surface area is 147 Å². The highest BCUT2D eigenvalue weighted by Crippen LogP contribution is 2.19. The van der Waals surface area contributed by atoms with Gasteiger partial charge in [-0.25, -0.2) is 4.98 Å². The minimum atomic E-state index is 0.139.